The Morgan fingerprint density at radius 1 is 1.05 bits per heavy atom. The summed E-state index contributed by atoms with van der Waals surface area (Å²) in [6.07, 6.45) is 0.236. The van der Waals surface area contributed by atoms with Gasteiger partial charge in [0.25, 0.3) is 0 Å². The summed E-state index contributed by atoms with van der Waals surface area (Å²) in [5.74, 6) is 0.112. The van der Waals surface area contributed by atoms with Gasteiger partial charge >= 0.3 is 5.97 Å². The summed E-state index contributed by atoms with van der Waals surface area (Å²) in [5, 5.41) is 2.97. The van der Waals surface area contributed by atoms with Crippen molar-refractivity contribution in [1.29, 1.82) is 0 Å². The standard InChI is InChI=1S/C17H25NO3/c1-11(2)13-7-6-8-14(12(3)4)17(13)18-15(19)9-10-16(20)21-5/h6-8,11-12H,9-10H2,1-5H3,(H,18,19). The molecule has 0 saturated carbocycles. The van der Waals surface area contributed by atoms with Crippen molar-refractivity contribution in [1.82, 2.24) is 0 Å². The molecule has 1 N–H and O–H groups in total. The first-order valence-electron chi connectivity index (χ1n) is 7.36. The van der Waals surface area contributed by atoms with Crippen LogP contribution in [0.15, 0.2) is 18.2 Å². The summed E-state index contributed by atoms with van der Waals surface area (Å²) in [6.45, 7) is 8.40. The number of amides is 1. The van der Waals surface area contributed by atoms with Crippen molar-refractivity contribution in [3.63, 3.8) is 0 Å². The Morgan fingerprint density at radius 3 is 2.00 bits per heavy atom. The molecule has 116 valence electrons. The van der Waals surface area contributed by atoms with E-state index in [-0.39, 0.29) is 24.7 Å². The number of methoxy groups -OCH3 is 1. The van der Waals surface area contributed by atoms with Crippen LogP contribution in [-0.2, 0) is 14.3 Å². The number of esters is 1. The monoisotopic (exact) mass is 291 g/mol. The van der Waals surface area contributed by atoms with Gasteiger partial charge in [0.05, 0.1) is 13.5 Å². The van der Waals surface area contributed by atoms with Crippen molar-refractivity contribution in [2.75, 3.05) is 12.4 Å². The minimum atomic E-state index is -0.369. The van der Waals surface area contributed by atoms with Crippen LogP contribution in [-0.4, -0.2) is 19.0 Å². The van der Waals surface area contributed by atoms with Gasteiger partial charge in [-0.25, -0.2) is 0 Å². The molecule has 0 saturated heterocycles. The van der Waals surface area contributed by atoms with Gasteiger partial charge in [-0.1, -0.05) is 45.9 Å². The van der Waals surface area contributed by atoms with Crippen molar-refractivity contribution in [3.8, 4) is 0 Å². The van der Waals surface area contributed by atoms with Crippen LogP contribution in [0.25, 0.3) is 0 Å². The van der Waals surface area contributed by atoms with Gasteiger partial charge in [0.2, 0.25) is 5.91 Å². The third-order valence-electron chi connectivity index (χ3n) is 3.42. The molecule has 0 radical (unpaired) electrons. The number of carbonyl (C=O) groups excluding carboxylic acids is 2. The zero-order valence-corrected chi connectivity index (χ0v) is 13.5. The Balaban J connectivity index is 2.94. The van der Waals surface area contributed by atoms with Crippen molar-refractivity contribution in [3.05, 3.63) is 29.3 Å². The molecule has 0 spiro atoms. The third-order valence-corrected chi connectivity index (χ3v) is 3.42. The molecule has 1 amide bonds. The van der Waals surface area contributed by atoms with E-state index in [1.807, 2.05) is 18.2 Å². The molecule has 0 aliphatic rings. The first-order valence-corrected chi connectivity index (χ1v) is 7.36. The molecule has 0 aromatic heterocycles. The van der Waals surface area contributed by atoms with Gasteiger partial charge in [-0.15, -0.1) is 0 Å². The number of hydrogen-bond acceptors (Lipinski definition) is 3. The molecule has 1 rings (SSSR count). The first kappa shape index (κ1) is 17.2. The fraction of sp³-hybridized carbons (Fsp3) is 0.529. The van der Waals surface area contributed by atoms with Gasteiger partial charge in [0, 0.05) is 12.1 Å². The maximum absolute atomic E-state index is 12.1. The van der Waals surface area contributed by atoms with Gasteiger partial charge in [0.15, 0.2) is 0 Å². The topological polar surface area (TPSA) is 55.4 Å². The summed E-state index contributed by atoms with van der Waals surface area (Å²) in [5.41, 5.74) is 3.12. The number of anilines is 1. The maximum Gasteiger partial charge on any atom is 0.306 e. The molecule has 0 atom stereocenters. The molecule has 1 aromatic carbocycles. The number of para-hydroxylation sites is 1. The van der Waals surface area contributed by atoms with Gasteiger partial charge in [-0.2, -0.15) is 0 Å². The molecule has 0 aliphatic carbocycles. The summed E-state index contributed by atoms with van der Waals surface area (Å²) < 4.78 is 4.56. The van der Waals surface area contributed by atoms with Crippen molar-refractivity contribution >= 4 is 17.6 Å². The molecule has 4 nitrogen and oxygen atoms in total. The molecule has 0 bridgehead atoms. The Morgan fingerprint density at radius 2 is 1.57 bits per heavy atom. The van der Waals surface area contributed by atoms with E-state index in [1.165, 1.54) is 7.11 Å². The molecular weight excluding hydrogens is 266 g/mol. The second kappa shape index (κ2) is 7.81. The Kier molecular flexibility index (Phi) is 6.40. The zero-order chi connectivity index (χ0) is 16.0. The second-order valence-electron chi connectivity index (χ2n) is 5.75. The highest BCUT2D eigenvalue weighted by atomic mass is 16.5. The largest absolute Gasteiger partial charge is 0.469 e. The van der Waals surface area contributed by atoms with Crippen LogP contribution in [0, 0.1) is 0 Å². The quantitative estimate of drug-likeness (QED) is 0.810. The van der Waals surface area contributed by atoms with Gasteiger partial charge < -0.3 is 10.1 Å². The van der Waals surface area contributed by atoms with Crippen LogP contribution in [0.5, 0.6) is 0 Å². The molecular formula is C17H25NO3. The molecule has 0 aliphatic heterocycles. The summed E-state index contributed by atoms with van der Waals surface area (Å²) in [7, 11) is 1.32. The number of rotatable bonds is 6. The van der Waals surface area contributed by atoms with Crippen LogP contribution in [0.3, 0.4) is 0 Å². The minimum absolute atomic E-state index is 0.100. The van der Waals surface area contributed by atoms with Crippen LogP contribution in [0.1, 0.15) is 63.5 Å². The lowest BCUT2D eigenvalue weighted by Crippen LogP contribution is -2.17. The van der Waals surface area contributed by atoms with Crippen LogP contribution < -0.4 is 5.32 Å². The Labute approximate surface area is 126 Å². The first-order chi connectivity index (χ1) is 9.86. The highest BCUT2D eigenvalue weighted by Gasteiger charge is 2.16. The SMILES string of the molecule is COC(=O)CCC(=O)Nc1c(C(C)C)cccc1C(C)C. The average molecular weight is 291 g/mol. The number of nitrogens with one attached hydrogen (secondary N) is 1. The number of benzene rings is 1. The fourth-order valence-corrected chi connectivity index (χ4v) is 2.21. The van der Waals surface area contributed by atoms with E-state index in [0.29, 0.717) is 11.8 Å². The lowest BCUT2D eigenvalue weighted by molar-refractivity contribution is -0.141. The van der Waals surface area contributed by atoms with Gasteiger partial charge in [-0.3, -0.25) is 9.59 Å². The number of hydrogen-bond donors (Lipinski definition) is 1. The second-order valence-corrected chi connectivity index (χ2v) is 5.75. The highest BCUT2D eigenvalue weighted by molar-refractivity contribution is 5.94. The number of ether oxygens (including phenoxy) is 1. The summed E-state index contributed by atoms with van der Waals surface area (Å²) in [4.78, 5) is 23.2. The van der Waals surface area contributed by atoms with E-state index in [2.05, 4.69) is 37.7 Å². The molecule has 1 aromatic rings. The molecule has 21 heavy (non-hydrogen) atoms. The number of carbonyl (C=O) groups is 2. The molecule has 0 heterocycles. The summed E-state index contributed by atoms with van der Waals surface area (Å²) >= 11 is 0. The predicted molar refractivity (Wildman–Crippen MR) is 84.5 cm³/mol. The highest BCUT2D eigenvalue weighted by Crippen LogP contribution is 2.32. The minimum Gasteiger partial charge on any atom is -0.469 e. The molecule has 0 fully saturated rings. The van der Waals surface area contributed by atoms with Crippen LogP contribution in [0.4, 0.5) is 5.69 Å². The van der Waals surface area contributed by atoms with E-state index in [4.69, 9.17) is 0 Å². The fourth-order valence-electron chi connectivity index (χ4n) is 2.21. The maximum atomic E-state index is 12.1. The van der Waals surface area contributed by atoms with Gasteiger partial charge in [0.1, 0.15) is 0 Å². The van der Waals surface area contributed by atoms with E-state index in [1.54, 1.807) is 0 Å². The van der Waals surface area contributed by atoms with E-state index in [0.717, 1.165) is 16.8 Å². The van der Waals surface area contributed by atoms with Crippen LogP contribution in [0.2, 0.25) is 0 Å². The van der Waals surface area contributed by atoms with Crippen LogP contribution >= 0.6 is 0 Å². The predicted octanol–water partition coefficient (Wildman–Crippen LogP) is 3.83. The smallest absolute Gasteiger partial charge is 0.306 e. The Bertz CT molecular complexity index is 481. The average Bonchev–Trinajstić information content (AvgIpc) is 2.44. The lowest BCUT2D eigenvalue weighted by atomic mass is 9.92. The Hall–Kier alpha value is -1.84. The van der Waals surface area contributed by atoms with Crippen molar-refractivity contribution < 1.29 is 14.3 Å². The van der Waals surface area contributed by atoms with Gasteiger partial charge in [-0.05, 0) is 23.0 Å². The molecule has 0 unspecified atom stereocenters. The summed E-state index contributed by atoms with van der Waals surface area (Å²) in [6, 6.07) is 6.09. The van der Waals surface area contributed by atoms with E-state index in [9.17, 15) is 9.59 Å². The zero-order valence-electron chi connectivity index (χ0n) is 13.5. The van der Waals surface area contributed by atoms with E-state index >= 15 is 0 Å². The van der Waals surface area contributed by atoms with E-state index < -0.39 is 0 Å². The normalized spacial score (nSPS) is 10.8. The van der Waals surface area contributed by atoms with Crippen molar-refractivity contribution in [2.45, 2.75) is 52.4 Å². The lowest BCUT2D eigenvalue weighted by Gasteiger charge is -2.20. The van der Waals surface area contributed by atoms with Crippen molar-refractivity contribution in [2.24, 2.45) is 0 Å². The third kappa shape index (κ3) is 4.88. The molecule has 4 heteroatoms.